The van der Waals surface area contributed by atoms with E-state index < -0.39 is 6.04 Å². The topological polar surface area (TPSA) is 83.4 Å². The van der Waals surface area contributed by atoms with Crippen molar-refractivity contribution in [2.24, 2.45) is 0 Å². The van der Waals surface area contributed by atoms with Gasteiger partial charge in [0.25, 0.3) is 0 Å². The van der Waals surface area contributed by atoms with Crippen LogP contribution in [0.25, 0.3) is 0 Å². The molecule has 0 fully saturated rings. The summed E-state index contributed by atoms with van der Waals surface area (Å²) in [6.45, 7) is 1.96. The Morgan fingerprint density at radius 2 is 2.33 bits per heavy atom. The van der Waals surface area contributed by atoms with Crippen LogP contribution in [-0.2, 0) is 11.3 Å². The second-order valence-corrected chi connectivity index (χ2v) is 5.10. The molecular formula is C15H21N3O3. The Bertz CT molecular complexity index is 496. The molecule has 0 saturated heterocycles. The number of nitrogens with one attached hydrogen (secondary N) is 3. The van der Waals surface area contributed by atoms with Crippen molar-refractivity contribution in [3.8, 4) is 0 Å². The van der Waals surface area contributed by atoms with Gasteiger partial charge in [0.05, 0.1) is 12.8 Å². The van der Waals surface area contributed by atoms with Crippen LogP contribution in [0.5, 0.6) is 0 Å². The number of hydrogen-bond acceptors (Lipinski definition) is 3. The molecule has 1 aromatic rings. The molecule has 1 heterocycles. The minimum Gasteiger partial charge on any atom is -0.467 e. The van der Waals surface area contributed by atoms with E-state index in [-0.39, 0.29) is 18.0 Å². The molecule has 2 rings (SSSR count). The van der Waals surface area contributed by atoms with E-state index in [1.807, 2.05) is 6.08 Å². The first-order valence-electron chi connectivity index (χ1n) is 7.19. The molecule has 21 heavy (non-hydrogen) atoms. The molecule has 3 N–H and O–H groups in total. The molecule has 0 radical (unpaired) electrons. The maximum Gasteiger partial charge on any atom is 0.315 e. The lowest BCUT2D eigenvalue weighted by Gasteiger charge is -2.20. The van der Waals surface area contributed by atoms with Crippen LogP contribution >= 0.6 is 0 Å². The van der Waals surface area contributed by atoms with Crippen molar-refractivity contribution in [3.63, 3.8) is 0 Å². The second-order valence-electron chi connectivity index (χ2n) is 5.10. The van der Waals surface area contributed by atoms with Crippen molar-refractivity contribution in [1.82, 2.24) is 16.0 Å². The monoisotopic (exact) mass is 291 g/mol. The van der Waals surface area contributed by atoms with Gasteiger partial charge in [0.1, 0.15) is 11.8 Å². The highest BCUT2D eigenvalue weighted by Crippen LogP contribution is 2.09. The Labute approximate surface area is 124 Å². The summed E-state index contributed by atoms with van der Waals surface area (Å²) in [4.78, 5) is 23.7. The molecule has 0 aromatic carbocycles. The summed E-state index contributed by atoms with van der Waals surface area (Å²) in [7, 11) is 0. The van der Waals surface area contributed by atoms with Gasteiger partial charge in [-0.3, -0.25) is 4.79 Å². The van der Waals surface area contributed by atoms with E-state index in [4.69, 9.17) is 4.42 Å². The van der Waals surface area contributed by atoms with Crippen LogP contribution in [0.2, 0.25) is 0 Å². The smallest absolute Gasteiger partial charge is 0.315 e. The molecule has 3 amide bonds. The number of urea groups is 1. The van der Waals surface area contributed by atoms with Crippen molar-refractivity contribution < 1.29 is 14.0 Å². The molecule has 6 nitrogen and oxygen atoms in total. The molecule has 0 unspecified atom stereocenters. The molecule has 1 aliphatic rings. The molecule has 1 aliphatic carbocycles. The van der Waals surface area contributed by atoms with Crippen molar-refractivity contribution in [2.75, 3.05) is 0 Å². The summed E-state index contributed by atoms with van der Waals surface area (Å²) in [6, 6.07) is 2.66. The molecule has 1 aromatic heterocycles. The van der Waals surface area contributed by atoms with Crippen LogP contribution in [0.1, 0.15) is 31.9 Å². The van der Waals surface area contributed by atoms with E-state index in [0.717, 1.165) is 19.3 Å². The van der Waals surface area contributed by atoms with E-state index in [1.54, 1.807) is 25.3 Å². The van der Waals surface area contributed by atoms with Gasteiger partial charge in [-0.25, -0.2) is 4.79 Å². The van der Waals surface area contributed by atoms with Crippen molar-refractivity contribution in [1.29, 1.82) is 0 Å². The summed E-state index contributed by atoms with van der Waals surface area (Å²) in [6.07, 6.45) is 8.67. The molecule has 0 saturated carbocycles. The number of carbonyl (C=O) groups is 2. The van der Waals surface area contributed by atoms with Gasteiger partial charge in [-0.1, -0.05) is 12.2 Å². The fourth-order valence-electron chi connectivity index (χ4n) is 2.15. The highest BCUT2D eigenvalue weighted by atomic mass is 16.3. The van der Waals surface area contributed by atoms with Gasteiger partial charge in [-0.05, 0) is 38.3 Å². The lowest BCUT2D eigenvalue weighted by atomic mass is 10.0. The fraction of sp³-hybridized carbons (Fsp3) is 0.467. The zero-order valence-electron chi connectivity index (χ0n) is 12.1. The Morgan fingerprint density at radius 1 is 1.48 bits per heavy atom. The van der Waals surface area contributed by atoms with Crippen molar-refractivity contribution in [2.45, 2.75) is 44.8 Å². The third-order valence-electron chi connectivity index (χ3n) is 3.33. The van der Waals surface area contributed by atoms with E-state index in [0.29, 0.717) is 12.3 Å². The molecule has 6 heteroatoms. The summed E-state index contributed by atoms with van der Waals surface area (Å²) in [5.74, 6) is 0.424. The predicted octanol–water partition coefficient (Wildman–Crippen LogP) is 1.69. The summed E-state index contributed by atoms with van der Waals surface area (Å²) < 4.78 is 5.12. The average Bonchev–Trinajstić information content (AvgIpc) is 2.98. The van der Waals surface area contributed by atoms with Gasteiger partial charge in [-0.15, -0.1) is 0 Å². The number of furan rings is 1. The maximum absolute atomic E-state index is 11.9. The molecular weight excluding hydrogens is 270 g/mol. The number of hydrogen-bond donors (Lipinski definition) is 3. The van der Waals surface area contributed by atoms with Crippen molar-refractivity contribution in [3.05, 3.63) is 36.3 Å². The highest BCUT2D eigenvalue weighted by molar-refractivity contribution is 5.86. The first-order chi connectivity index (χ1) is 10.1. The van der Waals surface area contributed by atoms with E-state index >= 15 is 0 Å². The number of rotatable bonds is 5. The Morgan fingerprint density at radius 3 is 3.00 bits per heavy atom. The van der Waals surface area contributed by atoms with Crippen LogP contribution in [0.4, 0.5) is 4.79 Å². The minimum absolute atomic E-state index is 0.0529. The van der Waals surface area contributed by atoms with Crippen LogP contribution in [0.15, 0.2) is 35.0 Å². The van der Waals surface area contributed by atoms with Gasteiger partial charge in [-0.2, -0.15) is 0 Å². The third kappa shape index (κ3) is 4.98. The normalized spacial score (nSPS) is 18.8. The third-order valence-corrected chi connectivity index (χ3v) is 3.33. The van der Waals surface area contributed by atoms with Gasteiger partial charge in [0.2, 0.25) is 5.91 Å². The minimum atomic E-state index is -0.604. The summed E-state index contributed by atoms with van der Waals surface area (Å²) in [5.41, 5.74) is 0. The quantitative estimate of drug-likeness (QED) is 0.722. The van der Waals surface area contributed by atoms with E-state index in [2.05, 4.69) is 22.0 Å². The molecule has 0 aliphatic heterocycles. The first-order valence-corrected chi connectivity index (χ1v) is 7.19. The second kappa shape index (κ2) is 7.52. The Hall–Kier alpha value is -2.24. The highest BCUT2D eigenvalue weighted by Gasteiger charge is 2.17. The SMILES string of the molecule is C[C@@H](NC(=O)N[C@@H]1C=CCCC1)C(=O)NCc1ccco1. The summed E-state index contributed by atoms with van der Waals surface area (Å²) in [5, 5.41) is 8.17. The molecule has 0 spiro atoms. The number of amides is 3. The largest absolute Gasteiger partial charge is 0.467 e. The Kier molecular flexibility index (Phi) is 5.43. The lowest BCUT2D eigenvalue weighted by Crippen LogP contribution is -2.50. The fourth-order valence-corrected chi connectivity index (χ4v) is 2.15. The Balaban J connectivity index is 1.70. The predicted molar refractivity (Wildman–Crippen MR) is 78.5 cm³/mol. The van der Waals surface area contributed by atoms with Gasteiger partial charge in [0, 0.05) is 6.04 Å². The molecule has 2 atom stereocenters. The van der Waals surface area contributed by atoms with Crippen LogP contribution in [0.3, 0.4) is 0 Å². The van der Waals surface area contributed by atoms with E-state index in [9.17, 15) is 9.59 Å². The van der Waals surface area contributed by atoms with Crippen LogP contribution < -0.4 is 16.0 Å². The van der Waals surface area contributed by atoms with Crippen LogP contribution in [-0.4, -0.2) is 24.0 Å². The van der Waals surface area contributed by atoms with Gasteiger partial charge >= 0.3 is 6.03 Å². The molecule has 0 bridgehead atoms. The zero-order chi connectivity index (χ0) is 15.1. The van der Waals surface area contributed by atoms with Gasteiger partial charge < -0.3 is 20.4 Å². The van der Waals surface area contributed by atoms with Crippen molar-refractivity contribution >= 4 is 11.9 Å². The average molecular weight is 291 g/mol. The first kappa shape index (κ1) is 15.2. The zero-order valence-corrected chi connectivity index (χ0v) is 12.1. The van der Waals surface area contributed by atoms with Crippen LogP contribution in [0, 0.1) is 0 Å². The van der Waals surface area contributed by atoms with Gasteiger partial charge in [0.15, 0.2) is 0 Å². The summed E-state index contributed by atoms with van der Waals surface area (Å²) >= 11 is 0. The number of allylic oxidation sites excluding steroid dienone is 1. The maximum atomic E-state index is 11.9. The molecule has 114 valence electrons. The lowest BCUT2D eigenvalue weighted by molar-refractivity contribution is -0.122. The standard InChI is InChI=1S/C15H21N3O3/c1-11(14(19)16-10-13-8-5-9-21-13)17-15(20)18-12-6-3-2-4-7-12/h3,5-6,8-9,11-12H,2,4,7,10H2,1H3,(H,16,19)(H2,17,18,20)/t11-,12-/m1/s1. The van der Waals surface area contributed by atoms with E-state index in [1.165, 1.54) is 0 Å². The number of carbonyl (C=O) groups excluding carboxylic acids is 2.